The summed E-state index contributed by atoms with van der Waals surface area (Å²) in [6, 6.07) is 17.6. The number of aromatic nitrogens is 3. The predicted octanol–water partition coefficient (Wildman–Crippen LogP) is 4.69. The number of thiazole rings is 1. The van der Waals surface area contributed by atoms with Gasteiger partial charge < -0.3 is 18.8 Å². The molecule has 2 aromatic heterocycles. The van der Waals surface area contributed by atoms with E-state index in [2.05, 4.69) is 12.1 Å². The molecule has 0 amide bonds. The van der Waals surface area contributed by atoms with Crippen molar-refractivity contribution in [3.63, 3.8) is 0 Å². The lowest BCUT2D eigenvalue weighted by Gasteiger charge is -2.16. The molecule has 34 heavy (non-hydrogen) atoms. The molecule has 0 saturated carbocycles. The van der Waals surface area contributed by atoms with E-state index in [0.29, 0.717) is 56.4 Å². The minimum absolute atomic E-state index is 0.167. The average molecular weight is 514 g/mol. The van der Waals surface area contributed by atoms with Gasteiger partial charge in [-0.15, -0.1) is 0 Å². The molecule has 0 unspecified atom stereocenters. The third-order valence-corrected chi connectivity index (χ3v) is 7.89. The lowest BCUT2D eigenvalue weighted by atomic mass is 10.1. The Morgan fingerprint density at radius 1 is 1.15 bits per heavy atom. The lowest BCUT2D eigenvalue weighted by Crippen LogP contribution is -2.23. The van der Waals surface area contributed by atoms with Crippen LogP contribution in [0.2, 0.25) is 0 Å². The fraction of sp³-hybridized carbons (Fsp3) is 0.292. The molecule has 0 atom stereocenters. The van der Waals surface area contributed by atoms with Crippen LogP contribution < -0.4 is 10.3 Å². The van der Waals surface area contributed by atoms with Gasteiger partial charge in [-0.1, -0.05) is 65.6 Å². The summed E-state index contributed by atoms with van der Waals surface area (Å²) in [4.78, 5) is 18.7. The third kappa shape index (κ3) is 4.69. The number of ether oxygens (including phenoxy) is 3. The summed E-state index contributed by atoms with van der Waals surface area (Å²) in [6.07, 6.45) is 0.468. The summed E-state index contributed by atoms with van der Waals surface area (Å²) >= 11 is 8.37. The second-order valence-corrected chi connectivity index (χ2v) is 10.2. The molecule has 3 heterocycles. The molecule has 1 aliphatic heterocycles. The van der Waals surface area contributed by atoms with Crippen LogP contribution in [0.15, 0.2) is 64.5 Å². The number of para-hydroxylation sites is 2. The SMILES string of the molecule is COc1ccccc1-n1c(SCC2OCCO2)nc2c(sc(=S)n2CCc2ccccc2)c1=O. The second kappa shape index (κ2) is 10.4. The molecule has 4 aromatic rings. The normalized spacial score (nSPS) is 14.1. The van der Waals surface area contributed by atoms with E-state index in [-0.39, 0.29) is 11.8 Å². The molecule has 0 aliphatic carbocycles. The average Bonchev–Trinajstić information content (AvgIpc) is 3.50. The number of fused-ring (bicyclic) bond motifs is 1. The van der Waals surface area contributed by atoms with Gasteiger partial charge in [-0.3, -0.25) is 9.36 Å². The minimum Gasteiger partial charge on any atom is -0.495 e. The van der Waals surface area contributed by atoms with Crippen LogP contribution in [-0.2, 0) is 22.4 Å². The van der Waals surface area contributed by atoms with Crippen LogP contribution >= 0.6 is 35.3 Å². The summed E-state index contributed by atoms with van der Waals surface area (Å²) in [6.45, 7) is 1.79. The highest BCUT2D eigenvalue weighted by Gasteiger charge is 2.23. The Labute approximate surface area is 209 Å². The van der Waals surface area contributed by atoms with Gasteiger partial charge in [0, 0.05) is 6.54 Å². The number of aryl methyl sites for hydroxylation is 2. The molecule has 0 bridgehead atoms. The van der Waals surface area contributed by atoms with Gasteiger partial charge in [0.05, 0.1) is 31.8 Å². The summed E-state index contributed by atoms with van der Waals surface area (Å²) in [5, 5.41) is 0.544. The summed E-state index contributed by atoms with van der Waals surface area (Å²) < 4.78 is 21.5. The van der Waals surface area contributed by atoms with E-state index in [1.807, 2.05) is 47.0 Å². The van der Waals surface area contributed by atoms with E-state index >= 15 is 0 Å². The molecule has 0 spiro atoms. The zero-order valence-electron chi connectivity index (χ0n) is 18.5. The molecule has 0 radical (unpaired) electrons. The maximum atomic E-state index is 13.8. The topological polar surface area (TPSA) is 67.5 Å². The standard InChI is InChI=1S/C24H23N3O4S3/c1-29-18-10-6-5-9-17(18)27-22(28)20-21(25-23(27)33-15-19-30-13-14-31-19)26(24(32)34-20)12-11-16-7-3-2-4-8-16/h2-10,19H,11-15H2,1H3. The van der Waals surface area contributed by atoms with Gasteiger partial charge in [-0.05, 0) is 36.3 Å². The Kier molecular flexibility index (Phi) is 7.12. The molecular weight excluding hydrogens is 490 g/mol. The molecule has 10 heteroatoms. The van der Waals surface area contributed by atoms with Crippen molar-refractivity contribution in [2.24, 2.45) is 0 Å². The van der Waals surface area contributed by atoms with Crippen molar-refractivity contribution in [1.29, 1.82) is 0 Å². The van der Waals surface area contributed by atoms with Gasteiger partial charge in [0.25, 0.3) is 5.56 Å². The van der Waals surface area contributed by atoms with Crippen LogP contribution in [-0.4, -0.2) is 46.5 Å². The van der Waals surface area contributed by atoms with E-state index in [0.717, 1.165) is 6.42 Å². The second-order valence-electron chi connectivity index (χ2n) is 7.60. The highest BCUT2D eigenvalue weighted by atomic mass is 32.2. The van der Waals surface area contributed by atoms with Gasteiger partial charge in [0.1, 0.15) is 10.4 Å². The number of hydrogen-bond donors (Lipinski definition) is 0. The molecule has 1 saturated heterocycles. The van der Waals surface area contributed by atoms with Crippen molar-refractivity contribution in [2.45, 2.75) is 24.4 Å². The molecule has 0 N–H and O–H groups in total. The number of benzene rings is 2. The Morgan fingerprint density at radius 2 is 1.88 bits per heavy atom. The van der Waals surface area contributed by atoms with Crippen LogP contribution in [0.4, 0.5) is 0 Å². The summed E-state index contributed by atoms with van der Waals surface area (Å²) in [5.41, 5.74) is 2.28. The number of methoxy groups -OCH3 is 1. The molecule has 2 aromatic carbocycles. The van der Waals surface area contributed by atoms with Crippen LogP contribution in [0.25, 0.3) is 16.0 Å². The Hall–Kier alpha value is -2.50. The molecule has 5 rings (SSSR count). The number of nitrogens with zero attached hydrogens (tertiary/aromatic N) is 3. The maximum absolute atomic E-state index is 13.8. The Balaban J connectivity index is 1.61. The largest absolute Gasteiger partial charge is 0.495 e. The van der Waals surface area contributed by atoms with Crippen LogP contribution in [0.1, 0.15) is 5.56 Å². The number of hydrogen-bond acceptors (Lipinski definition) is 8. The van der Waals surface area contributed by atoms with E-state index in [1.165, 1.54) is 28.7 Å². The van der Waals surface area contributed by atoms with Crippen molar-refractivity contribution in [3.8, 4) is 11.4 Å². The van der Waals surface area contributed by atoms with E-state index in [9.17, 15) is 4.79 Å². The Bertz CT molecular complexity index is 1410. The first kappa shape index (κ1) is 23.3. The maximum Gasteiger partial charge on any atom is 0.278 e. The first-order chi connectivity index (χ1) is 16.7. The van der Waals surface area contributed by atoms with Crippen molar-refractivity contribution < 1.29 is 14.2 Å². The molecule has 176 valence electrons. The molecular formula is C24H23N3O4S3. The quantitative estimate of drug-likeness (QED) is 0.192. The van der Waals surface area contributed by atoms with Gasteiger partial charge in [-0.25, -0.2) is 4.98 Å². The van der Waals surface area contributed by atoms with Gasteiger partial charge in [0.2, 0.25) is 0 Å². The van der Waals surface area contributed by atoms with Crippen molar-refractivity contribution in [2.75, 3.05) is 26.1 Å². The fourth-order valence-electron chi connectivity index (χ4n) is 3.83. The number of thioether (sulfide) groups is 1. The van der Waals surface area contributed by atoms with Crippen molar-refractivity contribution in [3.05, 3.63) is 74.5 Å². The highest BCUT2D eigenvalue weighted by molar-refractivity contribution is 7.99. The monoisotopic (exact) mass is 513 g/mol. The minimum atomic E-state index is -0.328. The van der Waals surface area contributed by atoms with E-state index in [4.69, 9.17) is 31.4 Å². The molecule has 7 nitrogen and oxygen atoms in total. The van der Waals surface area contributed by atoms with Crippen molar-refractivity contribution in [1.82, 2.24) is 14.1 Å². The lowest BCUT2D eigenvalue weighted by molar-refractivity contribution is -0.0215. The van der Waals surface area contributed by atoms with Crippen molar-refractivity contribution >= 4 is 45.7 Å². The summed E-state index contributed by atoms with van der Waals surface area (Å²) in [5.74, 6) is 1.11. The first-order valence-corrected chi connectivity index (χ1v) is 13.1. The third-order valence-electron chi connectivity index (χ3n) is 5.49. The predicted molar refractivity (Wildman–Crippen MR) is 137 cm³/mol. The van der Waals surface area contributed by atoms with Gasteiger partial charge in [-0.2, -0.15) is 0 Å². The summed E-state index contributed by atoms with van der Waals surface area (Å²) in [7, 11) is 1.59. The number of rotatable bonds is 8. The first-order valence-electron chi connectivity index (χ1n) is 10.9. The zero-order chi connectivity index (χ0) is 23.5. The van der Waals surface area contributed by atoms with Crippen LogP contribution in [0.3, 0.4) is 0 Å². The smallest absolute Gasteiger partial charge is 0.278 e. The zero-order valence-corrected chi connectivity index (χ0v) is 21.0. The molecule has 1 aliphatic rings. The van der Waals surface area contributed by atoms with Crippen LogP contribution in [0, 0.1) is 3.95 Å². The van der Waals surface area contributed by atoms with Gasteiger partial charge in [0.15, 0.2) is 21.0 Å². The van der Waals surface area contributed by atoms with Crippen LogP contribution in [0.5, 0.6) is 5.75 Å². The van der Waals surface area contributed by atoms with Gasteiger partial charge >= 0.3 is 0 Å². The Morgan fingerprint density at radius 3 is 2.65 bits per heavy atom. The fourth-order valence-corrected chi connectivity index (χ4v) is 6.08. The highest BCUT2D eigenvalue weighted by Crippen LogP contribution is 2.30. The molecule has 1 fully saturated rings. The van der Waals surface area contributed by atoms with E-state index in [1.54, 1.807) is 11.7 Å². The van der Waals surface area contributed by atoms with E-state index < -0.39 is 0 Å².